The van der Waals surface area contributed by atoms with Crippen LogP contribution >= 0.6 is 15.9 Å². The minimum absolute atomic E-state index is 0.0153. The molecule has 2 saturated heterocycles. The van der Waals surface area contributed by atoms with Crippen LogP contribution in [-0.2, 0) is 16.1 Å². The SMILES string of the molecule is O=C(NCc1ccnc(N2CCCC2)c1)C1CC(=O)N(c2cccc(Br)c2)C1. The third-order valence-electron chi connectivity index (χ3n) is 5.32. The van der Waals surface area contributed by atoms with Gasteiger partial charge in [-0.3, -0.25) is 9.59 Å². The van der Waals surface area contributed by atoms with E-state index in [0.717, 1.165) is 34.6 Å². The van der Waals surface area contributed by atoms with Gasteiger partial charge < -0.3 is 15.1 Å². The zero-order chi connectivity index (χ0) is 19.5. The third-order valence-corrected chi connectivity index (χ3v) is 5.82. The molecule has 2 amide bonds. The van der Waals surface area contributed by atoms with Crippen molar-refractivity contribution in [2.75, 3.05) is 29.4 Å². The predicted molar refractivity (Wildman–Crippen MR) is 112 cm³/mol. The Hall–Kier alpha value is -2.41. The van der Waals surface area contributed by atoms with Crippen LogP contribution in [0.1, 0.15) is 24.8 Å². The van der Waals surface area contributed by atoms with Gasteiger partial charge in [0.15, 0.2) is 0 Å². The number of carbonyl (C=O) groups excluding carboxylic acids is 2. The Morgan fingerprint density at radius 1 is 1.21 bits per heavy atom. The van der Waals surface area contributed by atoms with Gasteiger partial charge in [0.2, 0.25) is 11.8 Å². The van der Waals surface area contributed by atoms with Gasteiger partial charge in [0.05, 0.1) is 5.92 Å². The van der Waals surface area contributed by atoms with Gasteiger partial charge in [0, 0.05) is 49.0 Å². The molecule has 4 rings (SSSR count). The van der Waals surface area contributed by atoms with Crippen molar-refractivity contribution in [2.45, 2.75) is 25.8 Å². The van der Waals surface area contributed by atoms with Gasteiger partial charge in [0.1, 0.15) is 5.82 Å². The lowest BCUT2D eigenvalue weighted by molar-refractivity contribution is -0.126. The van der Waals surface area contributed by atoms with E-state index in [4.69, 9.17) is 0 Å². The zero-order valence-electron chi connectivity index (χ0n) is 15.6. The predicted octanol–water partition coefficient (Wildman–Crippen LogP) is 3.11. The number of benzene rings is 1. The highest BCUT2D eigenvalue weighted by Gasteiger charge is 2.35. The van der Waals surface area contributed by atoms with Crippen LogP contribution in [0.2, 0.25) is 0 Å². The Morgan fingerprint density at radius 3 is 2.82 bits per heavy atom. The topological polar surface area (TPSA) is 65.5 Å². The average molecular weight is 443 g/mol. The second kappa shape index (κ2) is 8.31. The van der Waals surface area contributed by atoms with Crippen LogP contribution in [0.4, 0.5) is 11.5 Å². The number of anilines is 2. The molecule has 2 aromatic rings. The number of amides is 2. The molecule has 1 unspecified atom stereocenters. The third kappa shape index (κ3) is 4.19. The number of aromatic nitrogens is 1. The number of nitrogens with zero attached hydrogens (tertiary/aromatic N) is 3. The maximum absolute atomic E-state index is 12.6. The first-order chi connectivity index (χ1) is 13.6. The largest absolute Gasteiger partial charge is 0.357 e. The molecule has 2 fully saturated rings. The average Bonchev–Trinajstić information content (AvgIpc) is 3.36. The summed E-state index contributed by atoms with van der Waals surface area (Å²) < 4.78 is 0.914. The van der Waals surface area contributed by atoms with Crippen LogP contribution in [0.3, 0.4) is 0 Å². The van der Waals surface area contributed by atoms with E-state index in [2.05, 4.69) is 31.1 Å². The first kappa shape index (κ1) is 18.9. The summed E-state index contributed by atoms with van der Waals surface area (Å²) in [6, 6.07) is 11.6. The quantitative estimate of drug-likeness (QED) is 0.772. The van der Waals surface area contributed by atoms with Gasteiger partial charge in [-0.25, -0.2) is 4.98 Å². The van der Waals surface area contributed by atoms with Gasteiger partial charge in [-0.15, -0.1) is 0 Å². The maximum atomic E-state index is 12.6. The van der Waals surface area contributed by atoms with Crippen molar-refractivity contribution in [3.05, 3.63) is 52.6 Å². The Labute approximate surface area is 173 Å². The van der Waals surface area contributed by atoms with Gasteiger partial charge >= 0.3 is 0 Å². The van der Waals surface area contributed by atoms with Crippen molar-refractivity contribution in [3.63, 3.8) is 0 Å². The fourth-order valence-corrected chi connectivity index (χ4v) is 4.19. The van der Waals surface area contributed by atoms with Gasteiger partial charge in [0.25, 0.3) is 0 Å². The van der Waals surface area contributed by atoms with Crippen LogP contribution < -0.4 is 15.1 Å². The number of pyridine rings is 1. The molecule has 1 N–H and O–H groups in total. The summed E-state index contributed by atoms with van der Waals surface area (Å²) >= 11 is 3.43. The molecule has 2 aliphatic heterocycles. The fraction of sp³-hybridized carbons (Fsp3) is 0.381. The van der Waals surface area contributed by atoms with Gasteiger partial charge in [-0.1, -0.05) is 22.0 Å². The molecule has 0 saturated carbocycles. The first-order valence-electron chi connectivity index (χ1n) is 9.64. The summed E-state index contributed by atoms with van der Waals surface area (Å²) in [5, 5.41) is 2.99. The number of nitrogens with one attached hydrogen (secondary N) is 1. The van der Waals surface area contributed by atoms with Crippen LogP contribution in [0.25, 0.3) is 0 Å². The van der Waals surface area contributed by atoms with E-state index in [-0.39, 0.29) is 24.2 Å². The number of rotatable bonds is 5. The number of halogens is 1. The highest BCUT2D eigenvalue weighted by molar-refractivity contribution is 9.10. The van der Waals surface area contributed by atoms with E-state index in [0.29, 0.717) is 13.1 Å². The molecule has 1 atom stereocenters. The van der Waals surface area contributed by atoms with Crippen molar-refractivity contribution < 1.29 is 9.59 Å². The number of hydrogen-bond donors (Lipinski definition) is 1. The highest BCUT2D eigenvalue weighted by atomic mass is 79.9. The summed E-state index contributed by atoms with van der Waals surface area (Å²) in [6.07, 6.45) is 4.44. The molecular weight excluding hydrogens is 420 g/mol. The van der Waals surface area contributed by atoms with E-state index in [1.807, 2.05) is 36.4 Å². The Kier molecular flexibility index (Phi) is 5.62. The lowest BCUT2D eigenvalue weighted by Crippen LogP contribution is -2.32. The fourth-order valence-electron chi connectivity index (χ4n) is 3.80. The molecule has 6 nitrogen and oxygen atoms in total. The van der Waals surface area contributed by atoms with Crippen molar-refractivity contribution in [1.82, 2.24) is 10.3 Å². The first-order valence-corrected chi connectivity index (χ1v) is 10.4. The molecule has 0 spiro atoms. The van der Waals surface area contributed by atoms with Crippen LogP contribution in [-0.4, -0.2) is 36.4 Å². The van der Waals surface area contributed by atoms with Crippen molar-refractivity contribution in [2.24, 2.45) is 5.92 Å². The smallest absolute Gasteiger partial charge is 0.227 e. The molecule has 0 bridgehead atoms. The summed E-state index contributed by atoms with van der Waals surface area (Å²) in [6.45, 7) is 2.94. The summed E-state index contributed by atoms with van der Waals surface area (Å²) in [5.74, 6) is 0.552. The normalized spacial score (nSPS) is 19.3. The van der Waals surface area contributed by atoms with E-state index >= 15 is 0 Å². The summed E-state index contributed by atoms with van der Waals surface area (Å²) in [7, 11) is 0. The monoisotopic (exact) mass is 442 g/mol. The standard InChI is InChI=1S/C21H23BrN4O2/c22-17-4-3-5-18(12-17)26-14-16(11-20(26)27)21(28)24-13-15-6-7-23-19(10-15)25-8-1-2-9-25/h3-7,10,12,16H,1-2,8-9,11,13-14H2,(H,24,28). The Bertz CT molecular complexity index is 882. The van der Waals surface area contributed by atoms with Crippen molar-refractivity contribution in [1.29, 1.82) is 0 Å². The molecule has 1 aromatic carbocycles. The highest BCUT2D eigenvalue weighted by Crippen LogP contribution is 2.27. The Balaban J connectivity index is 1.35. The van der Waals surface area contributed by atoms with Crippen molar-refractivity contribution in [3.8, 4) is 0 Å². The second-order valence-corrected chi connectivity index (χ2v) is 8.24. The zero-order valence-corrected chi connectivity index (χ0v) is 17.2. The summed E-state index contributed by atoms with van der Waals surface area (Å²) in [4.78, 5) is 33.4. The van der Waals surface area contributed by atoms with Crippen molar-refractivity contribution >= 4 is 39.2 Å². The molecule has 7 heteroatoms. The van der Waals surface area contributed by atoms with Gasteiger partial charge in [-0.05, 0) is 48.7 Å². The number of hydrogen-bond acceptors (Lipinski definition) is 4. The van der Waals surface area contributed by atoms with E-state index in [1.165, 1.54) is 12.8 Å². The van der Waals surface area contributed by atoms with E-state index in [9.17, 15) is 9.59 Å². The molecule has 1 aromatic heterocycles. The summed E-state index contributed by atoms with van der Waals surface area (Å²) in [5.41, 5.74) is 1.84. The maximum Gasteiger partial charge on any atom is 0.227 e. The van der Waals surface area contributed by atoms with Crippen LogP contribution in [0.5, 0.6) is 0 Å². The lowest BCUT2D eigenvalue weighted by Gasteiger charge is -2.18. The minimum atomic E-state index is -0.327. The minimum Gasteiger partial charge on any atom is -0.357 e. The van der Waals surface area contributed by atoms with Gasteiger partial charge in [-0.2, -0.15) is 0 Å². The van der Waals surface area contributed by atoms with Crippen LogP contribution in [0, 0.1) is 5.92 Å². The van der Waals surface area contributed by atoms with E-state index in [1.54, 1.807) is 11.1 Å². The lowest BCUT2D eigenvalue weighted by atomic mass is 10.1. The van der Waals surface area contributed by atoms with E-state index < -0.39 is 0 Å². The number of carbonyl (C=O) groups is 2. The molecule has 28 heavy (non-hydrogen) atoms. The van der Waals surface area contributed by atoms with Crippen LogP contribution in [0.15, 0.2) is 47.1 Å². The molecule has 0 aliphatic carbocycles. The Morgan fingerprint density at radius 2 is 2.04 bits per heavy atom. The molecule has 146 valence electrons. The molecule has 0 radical (unpaired) electrons. The molecule has 2 aliphatic rings. The molecular formula is C21H23BrN4O2. The second-order valence-electron chi connectivity index (χ2n) is 7.32. The molecule has 3 heterocycles.